The van der Waals surface area contributed by atoms with Gasteiger partial charge in [-0.2, -0.15) is 13.2 Å². The number of rotatable bonds is 3. The second kappa shape index (κ2) is 7.40. The molecule has 0 bridgehead atoms. The van der Waals surface area contributed by atoms with Crippen LogP contribution < -0.4 is 4.74 Å². The van der Waals surface area contributed by atoms with Gasteiger partial charge in [-0.05, 0) is 68.3 Å². The van der Waals surface area contributed by atoms with Gasteiger partial charge in [-0.15, -0.1) is 0 Å². The number of pyridine rings is 3. The normalized spacial score (nSPS) is 11.7. The number of alkyl halides is 3. The highest BCUT2D eigenvalue weighted by Gasteiger charge is 2.30. The molecule has 0 atom stereocenters. The number of aryl methyl sites for hydroxylation is 3. The molecule has 0 amide bonds. The molecule has 152 valence electrons. The maximum atomic E-state index is 13.0. The molecule has 0 saturated heterocycles. The summed E-state index contributed by atoms with van der Waals surface area (Å²) in [6, 6.07) is 10.7. The van der Waals surface area contributed by atoms with E-state index in [2.05, 4.69) is 15.0 Å². The number of ether oxygens (including phenoxy) is 1. The summed E-state index contributed by atoms with van der Waals surface area (Å²) in [5, 5.41) is 0.478. The van der Waals surface area contributed by atoms with Gasteiger partial charge in [0, 0.05) is 23.5 Å². The van der Waals surface area contributed by atoms with Gasteiger partial charge in [0.2, 0.25) is 0 Å². The second-order valence-electron chi connectivity index (χ2n) is 7.10. The molecule has 0 aliphatic carbocycles. The highest BCUT2D eigenvalue weighted by molar-refractivity contribution is 5.86. The molecule has 4 rings (SSSR count). The molecule has 0 unspecified atom stereocenters. The first-order chi connectivity index (χ1) is 14.2. The third-order valence-corrected chi connectivity index (χ3v) is 4.84. The van der Waals surface area contributed by atoms with Gasteiger partial charge in [0.25, 0.3) is 0 Å². The van der Waals surface area contributed by atoms with E-state index in [0.29, 0.717) is 28.3 Å². The van der Waals surface area contributed by atoms with E-state index in [-0.39, 0.29) is 5.52 Å². The Morgan fingerprint density at radius 1 is 0.867 bits per heavy atom. The van der Waals surface area contributed by atoms with Gasteiger partial charge in [0.15, 0.2) is 5.75 Å². The number of fused-ring (bicyclic) bond motifs is 1. The van der Waals surface area contributed by atoms with Crippen LogP contribution in [-0.4, -0.2) is 15.0 Å². The quantitative estimate of drug-likeness (QED) is 0.391. The van der Waals surface area contributed by atoms with E-state index in [9.17, 15) is 13.2 Å². The molecule has 3 aromatic heterocycles. The van der Waals surface area contributed by atoms with Gasteiger partial charge in [-0.25, -0.2) is 4.98 Å². The lowest BCUT2D eigenvalue weighted by Crippen LogP contribution is -2.04. The van der Waals surface area contributed by atoms with Crippen LogP contribution in [0, 0.1) is 20.8 Å². The predicted octanol–water partition coefficient (Wildman–Crippen LogP) is 6.43. The Labute approximate surface area is 171 Å². The first kappa shape index (κ1) is 19.8. The number of halogens is 3. The molecule has 7 heteroatoms. The molecule has 30 heavy (non-hydrogen) atoms. The molecule has 0 N–H and O–H groups in total. The average Bonchev–Trinajstić information content (AvgIpc) is 2.70. The van der Waals surface area contributed by atoms with E-state index in [1.54, 1.807) is 12.3 Å². The standard InChI is InChI=1S/C23H18F3N3O/c1-13-4-7-18(28-12-13)22-21(10-14(2)15(3)29-22)30-20-8-9-27-19-11-16(23(24,25)26)5-6-17(19)20/h4-12H,1-3H3. The smallest absolute Gasteiger partial charge is 0.416 e. The zero-order valence-corrected chi connectivity index (χ0v) is 16.6. The Kier molecular flexibility index (Phi) is 4.89. The minimum atomic E-state index is -4.44. The Bertz CT molecular complexity index is 1240. The van der Waals surface area contributed by atoms with E-state index in [1.165, 1.54) is 12.3 Å². The van der Waals surface area contributed by atoms with Crippen LogP contribution >= 0.6 is 0 Å². The SMILES string of the molecule is Cc1ccc(-c2nc(C)c(C)cc2Oc2ccnc3cc(C(F)(F)F)ccc23)nc1. The van der Waals surface area contributed by atoms with Crippen molar-refractivity contribution in [2.75, 3.05) is 0 Å². The summed E-state index contributed by atoms with van der Waals surface area (Å²) < 4.78 is 45.3. The minimum Gasteiger partial charge on any atom is -0.454 e. The molecule has 0 saturated carbocycles. The zero-order valence-electron chi connectivity index (χ0n) is 16.6. The Morgan fingerprint density at radius 3 is 2.37 bits per heavy atom. The fourth-order valence-corrected chi connectivity index (χ4v) is 3.06. The van der Waals surface area contributed by atoms with Crippen LogP contribution in [0.2, 0.25) is 0 Å². The van der Waals surface area contributed by atoms with E-state index in [0.717, 1.165) is 29.0 Å². The van der Waals surface area contributed by atoms with E-state index in [1.807, 2.05) is 39.0 Å². The first-order valence-electron chi connectivity index (χ1n) is 9.27. The van der Waals surface area contributed by atoms with Gasteiger partial charge in [-0.1, -0.05) is 6.07 Å². The van der Waals surface area contributed by atoms with Gasteiger partial charge in [-0.3, -0.25) is 9.97 Å². The molecule has 1 aromatic carbocycles. The van der Waals surface area contributed by atoms with Crippen molar-refractivity contribution in [2.45, 2.75) is 26.9 Å². The van der Waals surface area contributed by atoms with Gasteiger partial charge < -0.3 is 4.74 Å². The highest BCUT2D eigenvalue weighted by Crippen LogP contribution is 2.37. The molecule has 4 aromatic rings. The Morgan fingerprint density at radius 2 is 1.67 bits per heavy atom. The molecular formula is C23H18F3N3O. The van der Waals surface area contributed by atoms with Gasteiger partial charge in [0.05, 0.1) is 16.8 Å². The molecule has 0 aliphatic rings. The van der Waals surface area contributed by atoms with Crippen molar-refractivity contribution in [3.8, 4) is 22.9 Å². The summed E-state index contributed by atoms with van der Waals surface area (Å²) in [6.45, 7) is 5.76. The number of hydrogen-bond acceptors (Lipinski definition) is 4. The summed E-state index contributed by atoms with van der Waals surface area (Å²) >= 11 is 0. The van der Waals surface area contributed by atoms with E-state index >= 15 is 0 Å². The van der Waals surface area contributed by atoms with Crippen LogP contribution in [0.3, 0.4) is 0 Å². The van der Waals surface area contributed by atoms with Crippen molar-refractivity contribution in [3.05, 3.63) is 77.2 Å². The molecule has 0 spiro atoms. The molecule has 3 heterocycles. The van der Waals surface area contributed by atoms with Crippen molar-refractivity contribution >= 4 is 10.9 Å². The summed E-state index contributed by atoms with van der Waals surface area (Å²) in [6.07, 6.45) is -1.26. The summed E-state index contributed by atoms with van der Waals surface area (Å²) in [5.41, 5.74) is 3.45. The van der Waals surface area contributed by atoms with Gasteiger partial charge in [0.1, 0.15) is 11.4 Å². The predicted molar refractivity (Wildman–Crippen MR) is 108 cm³/mol. The number of nitrogens with zero attached hydrogens (tertiary/aromatic N) is 3. The fraction of sp³-hybridized carbons (Fsp3) is 0.174. The van der Waals surface area contributed by atoms with Gasteiger partial charge >= 0.3 is 6.18 Å². The van der Waals surface area contributed by atoms with Crippen LogP contribution in [-0.2, 0) is 6.18 Å². The van der Waals surface area contributed by atoms with Crippen molar-refractivity contribution < 1.29 is 17.9 Å². The molecule has 0 aliphatic heterocycles. The fourth-order valence-electron chi connectivity index (χ4n) is 3.06. The number of aromatic nitrogens is 3. The third-order valence-electron chi connectivity index (χ3n) is 4.84. The van der Waals surface area contributed by atoms with Crippen LogP contribution in [0.5, 0.6) is 11.5 Å². The summed E-state index contributed by atoms with van der Waals surface area (Å²) in [5.74, 6) is 0.869. The van der Waals surface area contributed by atoms with E-state index in [4.69, 9.17) is 4.74 Å². The molecule has 0 radical (unpaired) electrons. The van der Waals surface area contributed by atoms with Crippen molar-refractivity contribution in [3.63, 3.8) is 0 Å². The van der Waals surface area contributed by atoms with Crippen molar-refractivity contribution in [1.29, 1.82) is 0 Å². The van der Waals surface area contributed by atoms with Crippen molar-refractivity contribution in [2.24, 2.45) is 0 Å². The summed E-state index contributed by atoms with van der Waals surface area (Å²) in [4.78, 5) is 13.2. The Balaban J connectivity index is 1.82. The minimum absolute atomic E-state index is 0.203. The lowest BCUT2D eigenvalue weighted by molar-refractivity contribution is -0.137. The second-order valence-corrected chi connectivity index (χ2v) is 7.10. The van der Waals surface area contributed by atoms with Crippen LogP contribution in [0.1, 0.15) is 22.4 Å². The first-order valence-corrected chi connectivity index (χ1v) is 9.27. The highest BCUT2D eigenvalue weighted by atomic mass is 19.4. The summed E-state index contributed by atoms with van der Waals surface area (Å²) in [7, 11) is 0. The lowest BCUT2D eigenvalue weighted by atomic mass is 10.1. The third kappa shape index (κ3) is 3.83. The van der Waals surface area contributed by atoms with Crippen molar-refractivity contribution in [1.82, 2.24) is 15.0 Å². The molecule has 0 fully saturated rings. The van der Waals surface area contributed by atoms with Crippen LogP contribution in [0.4, 0.5) is 13.2 Å². The monoisotopic (exact) mass is 409 g/mol. The molecule has 4 nitrogen and oxygen atoms in total. The Hall–Kier alpha value is -3.48. The topological polar surface area (TPSA) is 47.9 Å². The number of benzene rings is 1. The maximum Gasteiger partial charge on any atom is 0.416 e. The van der Waals surface area contributed by atoms with E-state index < -0.39 is 11.7 Å². The largest absolute Gasteiger partial charge is 0.454 e. The zero-order chi connectivity index (χ0) is 21.5. The maximum absolute atomic E-state index is 13.0. The van der Waals surface area contributed by atoms with Crippen LogP contribution in [0.15, 0.2) is 54.9 Å². The average molecular weight is 409 g/mol. The lowest BCUT2D eigenvalue weighted by Gasteiger charge is -2.15. The number of hydrogen-bond donors (Lipinski definition) is 0. The van der Waals surface area contributed by atoms with Crippen LogP contribution in [0.25, 0.3) is 22.3 Å². The molecular weight excluding hydrogens is 391 g/mol.